The Hall–Kier alpha value is -3.74. The van der Waals surface area contributed by atoms with Crippen molar-refractivity contribution in [3.8, 4) is 5.75 Å². The first-order valence-corrected chi connectivity index (χ1v) is 13.3. The second-order valence-electron chi connectivity index (χ2n) is 9.54. The van der Waals surface area contributed by atoms with Crippen LogP contribution in [0.5, 0.6) is 5.75 Å². The van der Waals surface area contributed by atoms with Crippen LogP contribution in [0.4, 0.5) is 8.78 Å². The molecule has 0 saturated heterocycles. The number of benzene rings is 3. The number of amides is 2. The van der Waals surface area contributed by atoms with Crippen molar-refractivity contribution in [2.24, 2.45) is 0 Å². The van der Waals surface area contributed by atoms with Crippen LogP contribution in [0.1, 0.15) is 58.9 Å². The van der Waals surface area contributed by atoms with Crippen LogP contribution in [-0.2, 0) is 6.42 Å². The molecule has 0 aromatic heterocycles. The van der Waals surface area contributed by atoms with Gasteiger partial charge in [0.15, 0.2) is 0 Å². The average Bonchev–Trinajstić information content (AvgIpc) is 2.93. The zero-order valence-corrected chi connectivity index (χ0v) is 21.7. The smallest absolute Gasteiger partial charge is 0.260 e. The van der Waals surface area contributed by atoms with Gasteiger partial charge in [0, 0.05) is 19.6 Å². The summed E-state index contributed by atoms with van der Waals surface area (Å²) in [5, 5.41) is 0. The van der Waals surface area contributed by atoms with Crippen LogP contribution in [0.3, 0.4) is 0 Å². The maximum atomic E-state index is 14.7. The van der Waals surface area contributed by atoms with Gasteiger partial charge in [0.25, 0.3) is 11.8 Å². The summed E-state index contributed by atoms with van der Waals surface area (Å²) in [5.41, 5.74) is 0.874. The Morgan fingerprint density at radius 2 is 1.53 bits per heavy atom. The highest BCUT2D eigenvalue weighted by atomic mass is 19.1. The summed E-state index contributed by atoms with van der Waals surface area (Å²) in [6, 6.07) is 19.7. The van der Waals surface area contributed by atoms with E-state index < -0.39 is 29.1 Å². The number of nitrogens with zero attached hydrogens (tertiary/aromatic N) is 2. The first kappa shape index (κ1) is 27.3. The summed E-state index contributed by atoms with van der Waals surface area (Å²) in [4.78, 5) is 30.4. The monoisotopic (exact) mass is 520 g/mol. The minimum Gasteiger partial charge on any atom is -0.491 e. The number of hydrogen-bond acceptors (Lipinski definition) is 3. The average molecular weight is 521 g/mol. The number of fused-ring (bicyclic) bond motifs is 1. The van der Waals surface area contributed by atoms with Crippen molar-refractivity contribution in [3.63, 3.8) is 0 Å². The minimum absolute atomic E-state index is 0.0626. The van der Waals surface area contributed by atoms with Gasteiger partial charge >= 0.3 is 0 Å². The number of para-hydroxylation sites is 1. The molecule has 0 saturated carbocycles. The molecule has 7 heteroatoms. The van der Waals surface area contributed by atoms with E-state index in [-0.39, 0.29) is 12.5 Å². The largest absolute Gasteiger partial charge is 0.491 e. The second kappa shape index (κ2) is 13.2. The third-order valence-electron chi connectivity index (χ3n) is 6.99. The molecule has 0 spiro atoms. The zero-order chi connectivity index (χ0) is 26.9. The van der Waals surface area contributed by atoms with Crippen LogP contribution in [0.2, 0.25) is 0 Å². The van der Waals surface area contributed by atoms with Crippen LogP contribution in [0, 0.1) is 11.6 Å². The molecule has 200 valence electrons. The molecule has 1 atom stereocenters. The number of carbonyl (C=O) groups is 2. The predicted octanol–water partition coefficient (Wildman–Crippen LogP) is 6.13. The van der Waals surface area contributed by atoms with E-state index >= 15 is 0 Å². The molecule has 2 amide bonds. The van der Waals surface area contributed by atoms with Crippen LogP contribution >= 0.6 is 0 Å². The van der Waals surface area contributed by atoms with Gasteiger partial charge in [-0.3, -0.25) is 9.59 Å². The van der Waals surface area contributed by atoms with E-state index in [2.05, 4.69) is 0 Å². The molecule has 0 N–H and O–H groups in total. The summed E-state index contributed by atoms with van der Waals surface area (Å²) in [6.07, 6.45) is 3.63. The van der Waals surface area contributed by atoms with Gasteiger partial charge in [-0.25, -0.2) is 8.78 Å². The highest BCUT2D eigenvalue weighted by Crippen LogP contribution is 2.24. The number of hydrogen-bond donors (Lipinski definition) is 0. The summed E-state index contributed by atoms with van der Waals surface area (Å²) in [6.45, 7) is 3.59. The molecular weight excluding hydrogens is 486 g/mol. The maximum absolute atomic E-state index is 14.7. The van der Waals surface area contributed by atoms with Crippen LogP contribution in [0.15, 0.2) is 72.8 Å². The van der Waals surface area contributed by atoms with E-state index in [0.717, 1.165) is 37.0 Å². The predicted molar refractivity (Wildman–Crippen MR) is 143 cm³/mol. The number of ether oxygens (including phenoxy) is 1. The summed E-state index contributed by atoms with van der Waals surface area (Å²) < 4.78 is 35.6. The lowest BCUT2D eigenvalue weighted by Gasteiger charge is -2.33. The van der Waals surface area contributed by atoms with Crippen molar-refractivity contribution in [2.45, 2.75) is 45.1 Å². The maximum Gasteiger partial charge on any atom is 0.260 e. The highest BCUT2D eigenvalue weighted by molar-refractivity contribution is 5.97. The molecule has 0 bridgehead atoms. The third kappa shape index (κ3) is 6.57. The Labute approximate surface area is 223 Å². The zero-order valence-electron chi connectivity index (χ0n) is 21.7. The topological polar surface area (TPSA) is 49.9 Å². The van der Waals surface area contributed by atoms with E-state index in [0.29, 0.717) is 43.8 Å². The van der Waals surface area contributed by atoms with E-state index in [9.17, 15) is 18.4 Å². The van der Waals surface area contributed by atoms with Gasteiger partial charge in [0.05, 0.1) is 11.6 Å². The lowest BCUT2D eigenvalue weighted by Crippen LogP contribution is -2.46. The molecule has 38 heavy (non-hydrogen) atoms. The highest BCUT2D eigenvalue weighted by Gasteiger charge is 2.30. The second-order valence-corrected chi connectivity index (χ2v) is 9.54. The normalized spacial score (nSPS) is 17.3. The lowest BCUT2D eigenvalue weighted by molar-refractivity contribution is 0.0588. The Balaban J connectivity index is 1.72. The molecule has 0 aliphatic carbocycles. The fourth-order valence-electron chi connectivity index (χ4n) is 4.91. The first-order chi connectivity index (χ1) is 18.5. The van der Waals surface area contributed by atoms with Crippen LogP contribution in [0.25, 0.3) is 0 Å². The number of rotatable bonds is 4. The van der Waals surface area contributed by atoms with Crippen molar-refractivity contribution in [2.75, 3.05) is 26.2 Å². The molecule has 5 nitrogen and oxygen atoms in total. The fourth-order valence-corrected chi connectivity index (χ4v) is 4.91. The molecular formula is C31H34F2N2O3. The lowest BCUT2D eigenvalue weighted by atomic mass is 10.0. The third-order valence-corrected chi connectivity index (χ3v) is 6.99. The van der Waals surface area contributed by atoms with E-state index in [4.69, 9.17) is 4.74 Å². The first-order valence-electron chi connectivity index (χ1n) is 13.3. The summed E-state index contributed by atoms with van der Waals surface area (Å²) >= 11 is 0. The minimum atomic E-state index is -0.885. The quantitative estimate of drug-likeness (QED) is 0.416. The molecule has 0 unspecified atom stereocenters. The van der Waals surface area contributed by atoms with Crippen molar-refractivity contribution >= 4 is 11.8 Å². The van der Waals surface area contributed by atoms with Gasteiger partial charge < -0.3 is 14.5 Å². The van der Waals surface area contributed by atoms with Gasteiger partial charge in [-0.15, -0.1) is 0 Å². The van der Waals surface area contributed by atoms with Gasteiger partial charge in [0.2, 0.25) is 0 Å². The molecule has 4 rings (SSSR count). The van der Waals surface area contributed by atoms with Crippen LogP contribution in [-0.4, -0.2) is 53.9 Å². The summed E-state index contributed by atoms with van der Waals surface area (Å²) in [5.74, 6) is -2.14. The van der Waals surface area contributed by atoms with Crippen LogP contribution < -0.4 is 4.74 Å². The molecule has 3 aromatic rings. The van der Waals surface area contributed by atoms with Crippen molar-refractivity contribution in [1.29, 1.82) is 0 Å². The number of halogens is 2. The number of carbonyl (C=O) groups excluding carboxylic acids is 2. The standard InChI is InChI=1S/C31H34F2N2O3/c1-2-34-19-10-3-4-11-20-35(31(37)29-26(32)16-12-17-27(29)33)24(21-23-13-6-5-7-14-23)22-38-28-18-9-8-15-25(28)30(34)36/h5-9,12-18,24H,2-4,10-11,19-22H2,1H3/t24-/m1/s1. The molecule has 0 fully saturated rings. The van der Waals surface area contributed by atoms with Crippen molar-refractivity contribution in [1.82, 2.24) is 9.80 Å². The fraction of sp³-hybridized carbons (Fsp3) is 0.355. The molecule has 0 radical (unpaired) electrons. The Kier molecular flexibility index (Phi) is 9.46. The Morgan fingerprint density at radius 3 is 2.24 bits per heavy atom. The summed E-state index contributed by atoms with van der Waals surface area (Å²) in [7, 11) is 0. The van der Waals surface area contributed by atoms with E-state index in [1.165, 1.54) is 6.07 Å². The molecule has 1 aliphatic heterocycles. The Bertz CT molecular complexity index is 1210. The molecule has 1 aliphatic rings. The Morgan fingerprint density at radius 1 is 0.868 bits per heavy atom. The SMILES string of the molecule is CCN1CCCCCCN(C(=O)c2c(F)cccc2F)[C@H](Cc2ccccc2)COc2ccccc2C1=O. The van der Waals surface area contributed by atoms with Gasteiger partial charge in [0.1, 0.15) is 29.6 Å². The van der Waals surface area contributed by atoms with Gasteiger partial charge in [-0.05, 0) is 56.0 Å². The van der Waals surface area contributed by atoms with Crippen molar-refractivity contribution in [3.05, 3.63) is 101 Å². The molecule has 3 aromatic carbocycles. The van der Waals surface area contributed by atoms with Gasteiger partial charge in [-0.2, -0.15) is 0 Å². The van der Waals surface area contributed by atoms with E-state index in [1.807, 2.05) is 42.2 Å². The molecule has 1 heterocycles. The van der Waals surface area contributed by atoms with Crippen molar-refractivity contribution < 1.29 is 23.1 Å². The van der Waals surface area contributed by atoms with Gasteiger partial charge in [-0.1, -0.05) is 61.4 Å². The van der Waals surface area contributed by atoms with E-state index in [1.54, 1.807) is 29.2 Å².